The summed E-state index contributed by atoms with van der Waals surface area (Å²) >= 11 is 0. The van der Waals surface area contributed by atoms with Crippen molar-refractivity contribution in [1.29, 1.82) is 0 Å². The lowest BCUT2D eigenvalue weighted by atomic mass is 10.4. The van der Waals surface area contributed by atoms with E-state index in [0.29, 0.717) is 6.54 Å². The van der Waals surface area contributed by atoms with E-state index in [9.17, 15) is 0 Å². The molecule has 0 amide bonds. The molecule has 0 radical (unpaired) electrons. The molecular weight excluding hydrogens is 100 g/mol. The number of hydrogen-bond acceptors (Lipinski definition) is 2. The first-order chi connectivity index (χ1) is 3.91. The summed E-state index contributed by atoms with van der Waals surface area (Å²) in [6.45, 7) is 2.59. The van der Waals surface area contributed by atoms with E-state index in [4.69, 9.17) is 5.73 Å². The third-order valence-electron chi connectivity index (χ3n) is 0.674. The predicted octanol–water partition coefficient (Wildman–Crippen LogP) is 0.940. The molecular formula is C6H12N2. The van der Waals surface area contributed by atoms with Crippen LogP contribution in [0.4, 0.5) is 0 Å². The highest BCUT2D eigenvalue weighted by atomic mass is 14.6. The van der Waals surface area contributed by atoms with Crippen molar-refractivity contribution in [2.75, 3.05) is 6.54 Å². The van der Waals surface area contributed by atoms with Crippen molar-refractivity contribution in [2.45, 2.75) is 13.3 Å². The van der Waals surface area contributed by atoms with Gasteiger partial charge in [-0.2, -0.15) is 0 Å². The molecule has 46 valence electrons. The molecule has 0 rings (SSSR count). The quantitative estimate of drug-likeness (QED) is 0.542. The molecule has 0 aliphatic rings. The molecule has 0 atom stereocenters. The summed E-state index contributed by atoms with van der Waals surface area (Å²) in [6.07, 6.45) is 6.36. The summed E-state index contributed by atoms with van der Waals surface area (Å²) in [6, 6.07) is 0. The van der Waals surface area contributed by atoms with Crippen molar-refractivity contribution in [2.24, 2.45) is 10.7 Å². The Labute approximate surface area is 50.1 Å². The first-order valence-corrected chi connectivity index (χ1v) is 2.74. The summed E-state index contributed by atoms with van der Waals surface area (Å²) in [5.74, 6) is 0. The maximum absolute atomic E-state index is 5.21. The second kappa shape index (κ2) is 6.37. The van der Waals surface area contributed by atoms with Gasteiger partial charge in [0.15, 0.2) is 0 Å². The van der Waals surface area contributed by atoms with Crippen molar-refractivity contribution in [3.8, 4) is 0 Å². The molecule has 8 heavy (non-hydrogen) atoms. The van der Waals surface area contributed by atoms with Crippen LogP contribution in [0.2, 0.25) is 0 Å². The first-order valence-electron chi connectivity index (χ1n) is 2.74. The molecule has 2 heteroatoms. The van der Waals surface area contributed by atoms with Crippen LogP contribution in [0.25, 0.3) is 0 Å². The fourth-order valence-electron chi connectivity index (χ4n) is 0.318. The van der Waals surface area contributed by atoms with Crippen molar-refractivity contribution in [3.63, 3.8) is 0 Å². The molecule has 0 aliphatic carbocycles. The largest absolute Gasteiger partial charge is 0.330 e. The molecule has 2 nitrogen and oxygen atoms in total. The second-order valence-corrected chi connectivity index (χ2v) is 1.37. The van der Waals surface area contributed by atoms with Crippen LogP contribution in [0, 0.1) is 0 Å². The lowest BCUT2D eigenvalue weighted by Gasteiger charge is -1.79. The minimum absolute atomic E-state index is 0.704. The Kier molecular flexibility index (Phi) is 5.87. The van der Waals surface area contributed by atoms with E-state index in [1.165, 1.54) is 0 Å². The molecule has 2 N–H and O–H groups in total. The van der Waals surface area contributed by atoms with E-state index in [2.05, 4.69) is 4.99 Å². The molecule has 0 bridgehead atoms. The number of nitrogens with zero attached hydrogens (tertiary/aromatic N) is 1. The Morgan fingerprint density at radius 1 is 1.62 bits per heavy atom. The molecule has 0 aromatic carbocycles. The van der Waals surface area contributed by atoms with Crippen LogP contribution in [0.3, 0.4) is 0 Å². The Morgan fingerprint density at radius 2 is 2.38 bits per heavy atom. The summed E-state index contributed by atoms with van der Waals surface area (Å²) in [5.41, 5.74) is 5.21. The van der Waals surface area contributed by atoms with E-state index in [1.54, 1.807) is 12.4 Å². The average molecular weight is 112 g/mol. The van der Waals surface area contributed by atoms with Gasteiger partial charge in [-0.25, -0.2) is 0 Å². The zero-order valence-electron chi connectivity index (χ0n) is 5.17. The van der Waals surface area contributed by atoms with Crippen LogP contribution >= 0.6 is 0 Å². The topological polar surface area (TPSA) is 38.4 Å². The van der Waals surface area contributed by atoms with Crippen molar-refractivity contribution in [1.82, 2.24) is 0 Å². The predicted molar refractivity (Wildman–Crippen MR) is 37.0 cm³/mol. The third kappa shape index (κ3) is 5.37. The monoisotopic (exact) mass is 112 g/mol. The molecule has 0 aliphatic heterocycles. The Balaban J connectivity index is 3.07. The van der Waals surface area contributed by atoms with Gasteiger partial charge in [0.25, 0.3) is 0 Å². The summed E-state index contributed by atoms with van der Waals surface area (Å²) in [7, 11) is 0. The van der Waals surface area contributed by atoms with Crippen LogP contribution in [-0.2, 0) is 0 Å². The van der Waals surface area contributed by atoms with E-state index < -0.39 is 0 Å². The van der Waals surface area contributed by atoms with Crippen LogP contribution in [0.15, 0.2) is 17.3 Å². The van der Waals surface area contributed by atoms with Gasteiger partial charge in [-0.1, -0.05) is 6.08 Å². The Hall–Kier alpha value is -0.630. The minimum Gasteiger partial charge on any atom is -0.330 e. The molecule has 0 saturated carbocycles. The number of nitrogens with two attached hydrogens (primary N) is 1. The van der Waals surface area contributed by atoms with Gasteiger partial charge in [0.2, 0.25) is 0 Å². The smallest absolute Gasteiger partial charge is 0.0224 e. The van der Waals surface area contributed by atoms with Gasteiger partial charge < -0.3 is 5.73 Å². The first kappa shape index (κ1) is 7.37. The van der Waals surface area contributed by atoms with E-state index >= 15 is 0 Å². The Bertz CT molecular complexity index is 84.5. The average Bonchev–Trinajstić information content (AvgIpc) is 1.81. The van der Waals surface area contributed by atoms with Crippen LogP contribution in [0.5, 0.6) is 0 Å². The van der Waals surface area contributed by atoms with E-state index in [0.717, 1.165) is 6.42 Å². The summed E-state index contributed by atoms with van der Waals surface area (Å²) in [4.78, 5) is 3.85. The van der Waals surface area contributed by atoms with Gasteiger partial charge in [0.05, 0.1) is 0 Å². The van der Waals surface area contributed by atoms with E-state index in [-0.39, 0.29) is 0 Å². The van der Waals surface area contributed by atoms with Gasteiger partial charge in [-0.15, -0.1) is 0 Å². The van der Waals surface area contributed by atoms with Crippen molar-refractivity contribution < 1.29 is 0 Å². The number of rotatable bonds is 3. The summed E-state index contributed by atoms with van der Waals surface area (Å²) in [5, 5.41) is 0. The zero-order chi connectivity index (χ0) is 6.24. The van der Waals surface area contributed by atoms with Crippen LogP contribution in [-0.4, -0.2) is 12.8 Å². The van der Waals surface area contributed by atoms with Gasteiger partial charge >= 0.3 is 0 Å². The fraction of sp³-hybridized carbons (Fsp3) is 0.500. The highest BCUT2D eigenvalue weighted by molar-refractivity contribution is 5.54. The molecule has 0 fully saturated rings. The summed E-state index contributed by atoms with van der Waals surface area (Å²) < 4.78 is 0. The van der Waals surface area contributed by atoms with Gasteiger partial charge in [-0.05, 0) is 19.9 Å². The highest BCUT2D eigenvalue weighted by Gasteiger charge is 1.67. The minimum atomic E-state index is 0.704. The normalized spacial score (nSPS) is 11.8. The molecule has 0 aromatic heterocycles. The van der Waals surface area contributed by atoms with Gasteiger partial charge in [-0.3, -0.25) is 4.99 Å². The lowest BCUT2D eigenvalue weighted by molar-refractivity contribution is 1.00. The standard InChI is InChI=1S/C6H12N2/c1-2-8-6-4-3-5-7/h2,4,6H,3,5,7H2,1H3/b6-4+,8-2?. The lowest BCUT2D eigenvalue weighted by Crippen LogP contribution is -1.94. The van der Waals surface area contributed by atoms with Gasteiger partial charge in [0.1, 0.15) is 0 Å². The molecule has 0 saturated heterocycles. The van der Waals surface area contributed by atoms with Crippen molar-refractivity contribution >= 4 is 6.21 Å². The highest BCUT2D eigenvalue weighted by Crippen LogP contribution is 1.77. The number of hydrogen-bond donors (Lipinski definition) is 1. The third-order valence-corrected chi connectivity index (χ3v) is 0.674. The fourth-order valence-corrected chi connectivity index (χ4v) is 0.318. The molecule has 0 heterocycles. The Morgan fingerprint density at radius 3 is 2.88 bits per heavy atom. The van der Waals surface area contributed by atoms with Crippen LogP contribution < -0.4 is 5.73 Å². The zero-order valence-corrected chi connectivity index (χ0v) is 5.17. The maximum atomic E-state index is 5.21. The molecule has 0 unspecified atom stereocenters. The maximum Gasteiger partial charge on any atom is 0.0224 e. The molecule has 0 spiro atoms. The van der Waals surface area contributed by atoms with Crippen LogP contribution in [0.1, 0.15) is 13.3 Å². The van der Waals surface area contributed by atoms with Crippen molar-refractivity contribution in [3.05, 3.63) is 12.3 Å². The SMILES string of the molecule is CC=N/C=C/CCN. The number of aliphatic imine (C=N–C) groups is 1. The molecule has 0 aromatic rings. The second-order valence-electron chi connectivity index (χ2n) is 1.37. The van der Waals surface area contributed by atoms with E-state index in [1.807, 2.05) is 13.0 Å². The van der Waals surface area contributed by atoms with Gasteiger partial charge in [0, 0.05) is 12.4 Å².